The molecule has 12 heteroatoms. The van der Waals surface area contributed by atoms with Gasteiger partial charge in [-0.05, 0) is 35.7 Å². The molecule has 0 aliphatic rings. The molecular formula is C27H27ClFN3O5S2. The molecule has 1 atom stereocenters. The molecule has 3 rings (SSSR count). The molecule has 206 valence electrons. The molecule has 0 bridgehead atoms. The first-order chi connectivity index (χ1) is 18.5. The minimum Gasteiger partial charge on any atom is -0.355 e. The molecule has 0 aromatic heterocycles. The van der Waals surface area contributed by atoms with E-state index in [1.807, 2.05) is 4.72 Å². The van der Waals surface area contributed by atoms with Crippen LogP contribution in [-0.4, -0.2) is 37.9 Å². The van der Waals surface area contributed by atoms with Crippen LogP contribution in [0.1, 0.15) is 24.5 Å². The number of halogens is 2. The topological polar surface area (TPSA) is 121 Å². The third-order valence-corrected chi connectivity index (χ3v) is 7.71. The standard InChI is InChI=1S/C27H27ClFN3O5S2/c1-17(33)32-39(36,37)25-9-5-3-7-22(25)21-11-10-18(12-23(21)28)15-30-26(34)14-27(35)31-16-20(38)13-19-6-2-4-8-24(19)29/h2-12,20,38H,13-16H2,1H3,(H,30,34)(H,31,35)(H,32,33)/t20-/m1/s1. The van der Waals surface area contributed by atoms with Crippen molar-refractivity contribution in [2.45, 2.75) is 36.5 Å². The van der Waals surface area contributed by atoms with Crippen LogP contribution >= 0.6 is 24.2 Å². The molecular weight excluding hydrogens is 565 g/mol. The summed E-state index contributed by atoms with van der Waals surface area (Å²) < 4.78 is 40.9. The highest BCUT2D eigenvalue weighted by Gasteiger charge is 2.21. The Bertz CT molecular complexity index is 1480. The van der Waals surface area contributed by atoms with Crippen molar-refractivity contribution < 1.29 is 27.2 Å². The van der Waals surface area contributed by atoms with Gasteiger partial charge in [0.25, 0.3) is 10.0 Å². The summed E-state index contributed by atoms with van der Waals surface area (Å²) in [7, 11) is -4.10. The van der Waals surface area contributed by atoms with Crippen molar-refractivity contribution in [2.24, 2.45) is 0 Å². The van der Waals surface area contributed by atoms with Gasteiger partial charge in [0, 0.05) is 41.4 Å². The summed E-state index contributed by atoms with van der Waals surface area (Å²) in [5.74, 6) is -2.06. The minimum atomic E-state index is -4.10. The fourth-order valence-corrected chi connectivity index (χ4v) is 5.55. The molecule has 0 heterocycles. The Balaban J connectivity index is 1.55. The summed E-state index contributed by atoms with van der Waals surface area (Å²) in [5, 5.41) is 5.17. The highest BCUT2D eigenvalue weighted by Crippen LogP contribution is 2.33. The number of nitrogens with one attached hydrogen (secondary N) is 3. The molecule has 39 heavy (non-hydrogen) atoms. The van der Waals surface area contributed by atoms with E-state index < -0.39 is 34.2 Å². The highest BCUT2D eigenvalue weighted by atomic mass is 35.5. The van der Waals surface area contributed by atoms with Crippen LogP contribution < -0.4 is 15.4 Å². The van der Waals surface area contributed by atoms with Crippen LogP contribution in [0.3, 0.4) is 0 Å². The van der Waals surface area contributed by atoms with Gasteiger partial charge in [0.2, 0.25) is 17.7 Å². The quantitative estimate of drug-likeness (QED) is 0.200. The molecule has 0 unspecified atom stereocenters. The maximum absolute atomic E-state index is 13.8. The lowest BCUT2D eigenvalue weighted by molar-refractivity contribution is -0.129. The Hall–Kier alpha value is -3.41. The molecule has 8 nitrogen and oxygen atoms in total. The van der Waals surface area contributed by atoms with Crippen molar-refractivity contribution in [3.05, 3.63) is 88.7 Å². The molecule has 3 amide bonds. The number of hydrogen-bond acceptors (Lipinski definition) is 6. The molecule has 3 aromatic carbocycles. The predicted molar refractivity (Wildman–Crippen MR) is 150 cm³/mol. The number of sulfonamides is 1. The van der Waals surface area contributed by atoms with E-state index in [9.17, 15) is 27.2 Å². The fraction of sp³-hybridized carbons (Fsp3) is 0.222. The van der Waals surface area contributed by atoms with Crippen molar-refractivity contribution in [1.29, 1.82) is 0 Å². The van der Waals surface area contributed by atoms with Crippen LogP contribution in [0.5, 0.6) is 0 Å². The molecule has 0 saturated carbocycles. The average Bonchev–Trinajstić information content (AvgIpc) is 2.87. The van der Waals surface area contributed by atoms with Crippen LogP contribution in [0.25, 0.3) is 11.1 Å². The number of amides is 3. The number of hydrogen-bond donors (Lipinski definition) is 4. The zero-order chi connectivity index (χ0) is 28.6. The van der Waals surface area contributed by atoms with Crippen molar-refractivity contribution >= 4 is 52.0 Å². The third-order valence-electron chi connectivity index (χ3n) is 5.54. The first kappa shape index (κ1) is 30.1. The smallest absolute Gasteiger partial charge is 0.264 e. The number of rotatable bonds is 11. The molecule has 0 aliphatic heterocycles. The Morgan fingerprint density at radius 1 is 0.949 bits per heavy atom. The first-order valence-electron chi connectivity index (χ1n) is 11.8. The summed E-state index contributed by atoms with van der Waals surface area (Å²) in [5.41, 5.74) is 1.85. The van der Waals surface area contributed by atoms with Gasteiger partial charge in [0.15, 0.2) is 0 Å². The van der Waals surface area contributed by atoms with Crippen molar-refractivity contribution in [3.63, 3.8) is 0 Å². The van der Waals surface area contributed by atoms with Gasteiger partial charge in [-0.15, -0.1) is 0 Å². The van der Waals surface area contributed by atoms with Crippen molar-refractivity contribution in [1.82, 2.24) is 15.4 Å². The van der Waals surface area contributed by atoms with Gasteiger partial charge in [0.05, 0.1) is 4.90 Å². The van der Waals surface area contributed by atoms with E-state index in [4.69, 9.17) is 11.6 Å². The summed E-state index contributed by atoms with van der Waals surface area (Å²) >= 11 is 10.8. The number of thiol groups is 1. The van der Waals surface area contributed by atoms with Crippen LogP contribution in [0.2, 0.25) is 5.02 Å². The van der Waals surface area contributed by atoms with Gasteiger partial charge >= 0.3 is 0 Å². The zero-order valence-electron chi connectivity index (χ0n) is 20.9. The summed E-state index contributed by atoms with van der Waals surface area (Å²) in [6.07, 6.45) is -0.0803. The van der Waals surface area contributed by atoms with Crippen molar-refractivity contribution in [3.8, 4) is 11.1 Å². The van der Waals surface area contributed by atoms with E-state index in [2.05, 4.69) is 23.3 Å². The molecule has 0 saturated heterocycles. The summed E-state index contributed by atoms with van der Waals surface area (Å²) in [6, 6.07) is 17.3. The zero-order valence-corrected chi connectivity index (χ0v) is 23.4. The highest BCUT2D eigenvalue weighted by molar-refractivity contribution is 7.90. The van der Waals surface area contributed by atoms with Crippen LogP contribution in [0.15, 0.2) is 71.6 Å². The van der Waals surface area contributed by atoms with Gasteiger partial charge in [0.1, 0.15) is 12.2 Å². The number of carbonyl (C=O) groups excluding carboxylic acids is 3. The van der Waals surface area contributed by atoms with Crippen LogP contribution in [0, 0.1) is 5.82 Å². The summed E-state index contributed by atoms with van der Waals surface area (Å²) in [6.45, 7) is 1.35. The Morgan fingerprint density at radius 3 is 2.31 bits per heavy atom. The molecule has 0 aliphatic carbocycles. The van der Waals surface area contributed by atoms with Crippen LogP contribution in [0.4, 0.5) is 4.39 Å². The summed E-state index contributed by atoms with van der Waals surface area (Å²) in [4.78, 5) is 35.6. The van der Waals surface area contributed by atoms with E-state index in [0.717, 1.165) is 6.92 Å². The lowest BCUT2D eigenvalue weighted by atomic mass is 10.0. The lowest BCUT2D eigenvalue weighted by Gasteiger charge is -2.14. The molecule has 3 aromatic rings. The predicted octanol–water partition coefficient (Wildman–Crippen LogP) is 3.63. The maximum Gasteiger partial charge on any atom is 0.264 e. The molecule has 3 N–H and O–H groups in total. The van der Waals surface area contributed by atoms with Gasteiger partial charge in [-0.1, -0.05) is 60.1 Å². The molecule has 0 spiro atoms. The average molecular weight is 592 g/mol. The minimum absolute atomic E-state index is 0.0838. The first-order valence-corrected chi connectivity index (χ1v) is 14.2. The van der Waals surface area contributed by atoms with E-state index in [1.165, 1.54) is 18.2 Å². The molecule has 0 fully saturated rings. The number of benzene rings is 3. The number of carbonyl (C=O) groups is 3. The molecule has 0 radical (unpaired) electrons. The van der Waals surface area contributed by atoms with Gasteiger partial charge in [-0.2, -0.15) is 12.6 Å². The van der Waals surface area contributed by atoms with Crippen LogP contribution in [-0.2, 0) is 37.4 Å². The van der Waals surface area contributed by atoms with E-state index in [-0.39, 0.29) is 34.1 Å². The maximum atomic E-state index is 13.8. The third kappa shape index (κ3) is 8.81. The SMILES string of the molecule is CC(=O)NS(=O)(=O)c1ccccc1-c1ccc(CNC(=O)CC(=O)NC[C@H](S)Cc2ccccc2F)cc1Cl. The van der Waals surface area contributed by atoms with Gasteiger partial charge < -0.3 is 10.6 Å². The normalized spacial score (nSPS) is 11.9. The van der Waals surface area contributed by atoms with Crippen molar-refractivity contribution in [2.75, 3.05) is 6.54 Å². The monoisotopic (exact) mass is 591 g/mol. The fourth-order valence-electron chi connectivity index (χ4n) is 3.75. The Labute approximate surface area is 236 Å². The lowest BCUT2D eigenvalue weighted by Crippen LogP contribution is -2.35. The Morgan fingerprint density at radius 2 is 1.62 bits per heavy atom. The van der Waals surface area contributed by atoms with Gasteiger partial charge in [-0.25, -0.2) is 17.5 Å². The van der Waals surface area contributed by atoms with E-state index in [0.29, 0.717) is 28.7 Å². The second-order valence-corrected chi connectivity index (χ2v) is 11.5. The second-order valence-electron chi connectivity index (χ2n) is 8.68. The van der Waals surface area contributed by atoms with Gasteiger partial charge in [-0.3, -0.25) is 14.4 Å². The Kier molecular flexibility index (Phi) is 10.5. The largest absolute Gasteiger partial charge is 0.355 e. The second kappa shape index (κ2) is 13.6. The van der Waals surface area contributed by atoms with E-state index >= 15 is 0 Å². The van der Waals surface area contributed by atoms with E-state index in [1.54, 1.807) is 48.5 Å².